The van der Waals surface area contributed by atoms with Gasteiger partial charge in [-0.1, -0.05) is 6.07 Å². The zero-order chi connectivity index (χ0) is 13.7. The van der Waals surface area contributed by atoms with Crippen molar-refractivity contribution in [1.82, 2.24) is 9.97 Å². The minimum atomic E-state index is -0.923. The van der Waals surface area contributed by atoms with E-state index in [1.165, 1.54) is 11.8 Å². The molecule has 2 aromatic heterocycles. The number of nitrogens with one attached hydrogen (secondary N) is 1. The van der Waals surface area contributed by atoms with Crippen LogP contribution in [0.3, 0.4) is 0 Å². The van der Waals surface area contributed by atoms with Gasteiger partial charge in [-0.05, 0) is 24.1 Å². The molecule has 1 unspecified atom stereocenters. The van der Waals surface area contributed by atoms with Gasteiger partial charge in [0.15, 0.2) is 0 Å². The van der Waals surface area contributed by atoms with Crippen molar-refractivity contribution in [2.45, 2.75) is 18.3 Å². The summed E-state index contributed by atoms with van der Waals surface area (Å²) in [5.74, 6) is 0.0200. The zero-order valence-electron chi connectivity index (χ0n) is 10.8. The van der Waals surface area contributed by atoms with Crippen LogP contribution in [0.5, 0.6) is 0 Å². The Bertz CT molecular complexity index is 729. The van der Waals surface area contributed by atoms with Crippen molar-refractivity contribution >= 4 is 11.8 Å². The molecule has 5 nitrogen and oxygen atoms in total. The van der Waals surface area contributed by atoms with E-state index in [9.17, 15) is 4.79 Å². The van der Waals surface area contributed by atoms with Crippen LogP contribution >= 0.6 is 0 Å². The lowest BCUT2D eigenvalue weighted by atomic mass is 9.80. The van der Waals surface area contributed by atoms with Gasteiger partial charge < -0.3 is 10.4 Å². The second-order valence-corrected chi connectivity index (χ2v) is 5.52. The smallest absolute Gasteiger partial charge is 0.337 e. The summed E-state index contributed by atoms with van der Waals surface area (Å²) in [6, 6.07) is 5.81. The Morgan fingerprint density at radius 3 is 3.10 bits per heavy atom. The van der Waals surface area contributed by atoms with Crippen LogP contribution in [-0.2, 0) is 18.3 Å². The van der Waals surface area contributed by atoms with E-state index in [-0.39, 0.29) is 11.0 Å². The molecule has 1 aliphatic carbocycles. The molecule has 1 spiro atoms. The standard InChI is InChI=1S/C15H13N3O2/c19-14(20)10-4-9-5-15(6-12(9)17-7-10)8-18-13-11(15)2-1-3-16-13/h1-4,7H,5-6,8H2,(H,16,18)(H,19,20). The van der Waals surface area contributed by atoms with Gasteiger partial charge in [-0.2, -0.15) is 0 Å². The Kier molecular flexibility index (Phi) is 2.16. The fourth-order valence-corrected chi connectivity index (χ4v) is 3.35. The maximum absolute atomic E-state index is 11.0. The molecule has 0 fully saturated rings. The third-order valence-electron chi connectivity index (χ3n) is 4.31. The maximum Gasteiger partial charge on any atom is 0.337 e. The van der Waals surface area contributed by atoms with Crippen LogP contribution in [0, 0.1) is 0 Å². The van der Waals surface area contributed by atoms with Gasteiger partial charge in [0.05, 0.1) is 5.56 Å². The average Bonchev–Trinajstić information content (AvgIpc) is 3.00. The highest BCUT2D eigenvalue weighted by atomic mass is 16.4. The van der Waals surface area contributed by atoms with Gasteiger partial charge in [0.1, 0.15) is 5.82 Å². The van der Waals surface area contributed by atoms with Crippen LogP contribution in [0.4, 0.5) is 5.82 Å². The molecule has 0 saturated heterocycles. The Balaban J connectivity index is 1.77. The van der Waals surface area contributed by atoms with Gasteiger partial charge in [0, 0.05) is 42.0 Å². The molecule has 0 aromatic carbocycles. The fourth-order valence-electron chi connectivity index (χ4n) is 3.35. The number of carboxylic acids is 1. The summed E-state index contributed by atoms with van der Waals surface area (Å²) in [6.07, 6.45) is 4.90. The summed E-state index contributed by atoms with van der Waals surface area (Å²) in [4.78, 5) is 19.8. The Hall–Kier alpha value is -2.43. The van der Waals surface area contributed by atoms with E-state index in [1.54, 1.807) is 12.3 Å². The summed E-state index contributed by atoms with van der Waals surface area (Å²) >= 11 is 0. The topological polar surface area (TPSA) is 75.1 Å². The van der Waals surface area contributed by atoms with Gasteiger partial charge in [-0.3, -0.25) is 4.98 Å². The van der Waals surface area contributed by atoms with Gasteiger partial charge >= 0.3 is 5.97 Å². The van der Waals surface area contributed by atoms with Crippen molar-refractivity contribution < 1.29 is 9.90 Å². The lowest BCUT2D eigenvalue weighted by Gasteiger charge is -2.21. The normalized spacial score (nSPS) is 22.4. The molecule has 2 aromatic rings. The number of carbonyl (C=O) groups is 1. The van der Waals surface area contributed by atoms with Crippen LogP contribution in [0.25, 0.3) is 0 Å². The summed E-state index contributed by atoms with van der Waals surface area (Å²) in [7, 11) is 0. The molecule has 0 bridgehead atoms. The monoisotopic (exact) mass is 267 g/mol. The zero-order valence-corrected chi connectivity index (χ0v) is 10.8. The second-order valence-electron chi connectivity index (χ2n) is 5.52. The first-order valence-electron chi connectivity index (χ1n) is 6.58. The molecule has 5 heteroatoms. The van der Waals surface area contributed by atoms with E-state index < -0.39 is 5.97 Å². The molecule has 0 amide bonds. The lowest BCUT2D eigenvalue weighted by Crippen LogP contribution is -2.29. The number of aromatic carboxylic acids is 1. The number of anilines is 1. The molecular weight excluding hydrogens is 254 g/mol. The predicted molar refractivity (Wildman–Crippen MR) is 73.0 cm³/mol. The van der Waals surface area contributed by atoms with E-state index in [0.29, 0.717) is 0 Å². The number of fused-ring (bicyclic) bond motifs is 3. The molecule has 1 aliphatic heterocycles. The molecule has 2 N–H and O–H groups in total. The molecule has 20 heavy (non-hydrogen) atoms. The van der Waals surface area contributed by atoms with E-state index in [0.717, 1.165) is 36.5 Å². The first kappa shape index (κ1) is 11.4. The number of nitrogens with zero attached hydrogens (tertiary/aromatic N) is 2. The van der Waals surface area contributed by atoms with Crippen molar-refractivity contribution in [3.8, 4) is 0 Å². The Morgan fingerprint density at radius 1 is 1.35 bits per heavy atom. The van der Waals surface area contributed by atoms with Crippen molar-refractivity contribution in [3.05, 3.63) is 53.0 Å². The Morgan fingerprint density at radius 2 is 2.25 bits per heavy atom. The third kappa shape index (κ3) is 1.46. The van der Waals surface area contributed by atoms with Crippen molar-refractivity contribution in [2.24, 2.45) is 0 Å². The number of pyridine rings is 2. The number of carboxylic acid groups (broad SMARTS) is 1. The van der Waals surface area contributed by atoms with E-state index in [1.807, 2.05) is 6.07 Å². The number of rotatable bonds is 1. The highest BCUT2D eigenvalue weighted by Gasteiger charge is 2.44. The number of aromatic nitrogens is 2. The summed E-state index contributed by atoms with van der Waals surface area (Å²) in [5.41, 5.74) is 3.51. The molecule has 4 rings (SSSR count). The quantitative estimate of drug-likeness (QED) is 0.821. The van der Waals surface area contributed by atoms with E-state index >= 15 is 0 Å². The Labute approximate surface area is 115 Å². The van der Waals surface area contributed by atoms with Crippen molar-refractivity contribution in [1.29, 1.82) is 0 Å². The second kappa shape index (κ2) is 3.79. The SMILES string of the molecule is O=C(O)c1cnc2c(c1)CC1(CNc3ncccc31)C2. The van der Waals surface area contributed by atoms with Gasteiger partial charge in [0.2, 0.25) is 0 Å². The molecule has 2 aliphatic rings. The molecule has 3 heterocycles. The van der Waals surface area contributed by atoms with Gasteiger partial charge in [0.25, 0.3) is 0 Å². The minimum absolute atomic E-state index is 0.0178. The minimum Gasteiger partial charge on any atom is -0.478 e. The fraction of sp³-hybridized carbons (Fsp3) is 0.267. The summed E-state index contributed by atoms with van der Waals surface area (Å²) < 4.78 is 0. The highest BCUT2D eigenvalue weighted by Crippen LogP contribution is 2.45. The molecule has 1 atom stereocenters. The van der Waals surface area contributed by atoms with Crippen LogP contribution in [0.15, 0.2) is 30.6 Å². The largest absolute Gasteiger partial charge is 0.478 e. The van der Waals surface area contributed by atoms with E-state index in [4.69, 9.17) is 5.11 Å². The molecule has 100 valence electrons. The first-order chi connectivity index (χ1) is 9.68. The average molecular weight is 267 g/mol. The summed E-state index contributed by atoms with van der Waals surface area (Å²) in [5, 5.41) is 12.4. The summed E-state index contributed by atoms with van der Waals surface area (Å²) in [6.45, 7) is 0.831. The number of hydrogen-bond donors (Lipinski definition) is 2. The predicted octanol–water partition coefficient (Wildman–Crippen LogP) is 1.64. The van der Waals surface area contributed by atoms with Crippen LogP contribution < -0.4 is 5.32 Å². The lowest BCUT2D eigenvalue weighted by molar-refractivity contribution is 0.0696. The van der Waals surface area contributed by atoms with Crippen molar-refractivity contribution in [3.63, 3.8) is 0 Å². The van der Waals surface area contributed by atoms with Crippen molar-refractivity contribution in [2.75, 3.05) is 11.9 Å². The van der Waals surface area contributed by atoms with Crippen LogP contribution in [-0.4, -0.2) is 27.6 Å². The van der Waals surface area contributed by atoms with E-state index in [2.05, 4.69) is 21.4 Å². The third-order valence-corrected chi connectivity index (χ3v) is 4.31. The number of hydrogen-bond acceptors (Lipinski definition) is 4. The molecular formula is C15H13N3O2. The van der Waals surface area contributed by atoms with Gasteiger partial charge in [-0.15, -0.1) is 0 Å². The van der Waals surface area contributed by atoms with Gasteiger partial charge in [-0.25, -0.2) is 9.78 Å². The van der Waals surface area contributed by atoms with Crippen LogP contribution in [0.1, 0.15) is 27.2 Å². The molecule has 0 radical (unpaired) electrons. The highest BCUT2D eigenvalue weighted by molar-refractivity contribution is 5.87. The van der Waals surface area contributed by atoms with Crippen LogP contribution in [0.2, 0.25) is 0 Å². The maximum atomic E-state index is 11.0. The molecule has 0 saturated carbocycles. The first-order valence-corrected chi connectivity index (χ1v) is 6.58.